The van der Waals surface area contributed by atoms with E-state index >= 15 is 0 Å². The van der Waals surface area contributed by atoms with Crippen LogP contribution in [0.2, 0.25) is 0 Å². The van der Waals surface area contributed by atoms with Gasteiger partial charge in [-0.3, -0.25) is 9.00 Å². The molecule has 1 aliphatic carbocycles. The van der Waals surface area contributed by atoms with Crippen LogP contribution in [0.15, 0.2) is 0 Å². The van der Waals surface area contributed by atoms with Gasteiger partial charge in [-0.15, -0.1) is 0 Å². The van der Waals surface area contributed by atoms with Crippen molar-refractivity contribution in [1.82, 2.24) is 0 Å². The van der Waals surface area contributed by atoms with Crippen molar-refractivity contribution in [3.8, 4) is 0 Å². The first-order chi connectivity index (χ1) is 6.24. The van der Waals surface area contributed by atoms with Crippen molar-refractivity contribution in [2.75, 3.05) is 5.75 Å². The van der Waals surface area contributed by atoms with Crippen LogP contribution in [-0.2, 0) is 15.6 Å². The van der Waals surface area contributed by atoms with Gasteiger partial charge in [-0.25, -0.2) is 0 Å². The predicted octanol–water partition coefficient (Wildman–Crippen LogP) is 2.05. The zero-order valence-electron chi connectivity index (χ0n) is 8.25. The molecule has 0 aromatic rings. The Morgan fingerprint density at radius 1 is 1.46 bits per heavy atom. The van der Waals surface area contributed by atoms with Crippen molar-refractivity contribution in [1.29, 1.82) is 0 Å². The van der Waals surface area contributed by atoms with E-state index in [1.807, 2.05) is 0 Å². The monoisotopic (exact) mass is 202 g/mol. The smallest absolute Gasteiger partial charge is 0.134 e. The standard InChI is InChI=1S/C10H18O2S/c1-2-3-4-7-13(12)10-6-5-9(11)8-10/h10H,2-8H2,1H3. The van der Waals surface area contributed by atoms with Crippen molar-refractivity contribution in [3.05, 3.63) is 0 Å². The highest BCUT2D eigenvalue weighted by atomic mass is 32.2. The fourth-order valence-corrected chi connectivity index (χ4v) is 3.24. The second-order valence-corrected chi connectivity index (χ2v) is 5.53. The number of rotatable bonds is 5. The van der Waals surface area contributed by atoms with E-state index in [0.717, 1.165) is 25.0 Å². The van der Waals surface area contributed by atoms with Gasteiger partial charge in [0.15, 0.2) is 0 Å². The van der Waals surface area contributed by atoms with Crippen molar-refractivity contribution in [2.24, 2.45) is 0 Å². The molecule has 1 fully saturated rings. The highest BCUT2D eigenvalue weighted by Crippen LogP contribution is 2.20. The molecular weight excluding hydrogens is 184 g/mol. The second kappa shape index (κ2) is 5.53. The minimum atomic E-state index is -0.738. The molecular formula is C10H18O2S. The van der Waals surface area contributed by atoms with E-state index in [-0.39, 0.29) is 5.25 Å². The van der Waals surface area contributed by atoms with Gasteiger partial charge in [0, 0.05) is 34.6 Å². The van der Waals surface area contributed by atoms with Gasteiger partial charge >= 0.3 is 0 Å². The lowest BCUT2D eigenvalue weighted by Gasteiger charge is -2.07. The molecule has 0 bridgehead atoms. The molecule has 0 aromatic carbocycles. The molecule has 76 valence electrons. The zero-order valence-corrected chi connectivity index (χ0v) is 9.07. The van der Waals surface area contributed by atoms with E-state index in [4.69, 9.17) is 0 Å². The Labute approximate surface area is 82.6 Å². The van der Waals surface area contributed by atoms with Crippen LogP contribution in [0.25, 0.3) is 0 Å². The third-order valence-corrected chi connectivity index (χ3v) is 4.36. The molecule has 0 aliphatic heterocycles. The van der Waals surface area contributed by atoms with Crippen LogP contribution in [0, 0.1) is 0 Å². The van der Waals surface area contributed by atoms with Gasteiger partial charge in [0.1, 0.15) is 5.78 Å². The molecule has 1 rings (SSSR count). The number of carbonyl (C=O) groups is 1. The molecule has 1 aliphatic rings. The van der Waals surface area contributed by atoms with E-state index in [1.54, 1.807) is 0 Å². The molecule has 0 radical (unpaired) electrons. The van der Waals surface area contributed by atoms with Crippen LogP contribution in [0.4, 0.5) is 0 Å². The molecule has 2 atom stereocenters. The van der Waals surface area contributed by atoms with Crippen LogP contribution in [-0.4, -0.2) is 21.0 Å². The van der Waals surface area contributed by atoms with Crippen molar-refractivity contribution in [2.45, 2.75) is 50.7 Å². The van der Waals surface area contributed by atoms with Crippen molar-refractivity contribution < 1.29 is 9.00 Å². The summed E-state index contributed by atoms with van der Waals surface area (Å²) in [7, 11) is -0.738. The molecule has 2 unspecified atom stereocenters. The van der Waals surface area contributed by atoms with Crippen LogP contribution in [0.3, 0.4) is 0 Å². The maximum atomic E-state index is 11.6. The molecule has 13 heavy (non-hydrogen) atoms. The summed E-state index contributed by atoms with van der Waals surface area (Å²) in [5.41, 5.74) is 0. The molecule has 0 saturated heterocycles. The Kier molecular flexibility index (Phi) is 4.64. The summed E-state index contributed by atoms with van der Waals surface area (Å²) in [6.45, 7) is 2.14. The summed E-state index contributed by atoms with van der Waals surface area (Å²) in [6.07, 6.45) is 5.46. The van der Waals surface area contributed by atoms with Crippen LogP contribution >= 0.6 is 0 Å². The van der Waals surface area contributed by atoms with E-state index < -0.39 is 10.8 Å². The molecule has 0 spiro atoms. The normalized spacial score (nSPS) is 25.0. The first-order valence-corrected chi connectivity index (χ1v) is 6.51. The Hall–Kier alpha value is -0.180. The maximum Gasteiger partial charge on any atom is 0.134 e. The predicted molar refractivity (Wildman–Crippen MR) is 55.2 cm³/mol. The Balaban J connectivity index is 2.20. The fraction of sp³-hybridized carbons (Fsp3) is 0.900. The molecule has 0 heterocycles. The number of ketones is 1. The summed E-state index contributed by atoms with van der Waals surface area (Å²) in [5, 5.41) is 0.185. The summed E-state index contributed by atoms with van der Waals surface area (Å²) >= 11 is 0. The lowest BCUT2D eigenvalue weighted by Crippen LogP contribution is -2.14. The average molecular weight is 202 g/mol. The van der Waals surface area contributed by atoms with Gasteiger partial charge in [0.05, 0.1) is 0 Å². The van der Waals surface area contributed by atoms with Crippen LogP contribution in [0.1, 0.15) is 45.4 Å². The number of hydrogen-bond acceptors (Lipinski definition) is 2. The van der Waals surface area contributed by atoms with Crippen molar-refractivity contribution >= 4 is 16.6 Å². The number of hydrogen-bond donors (Lipinski definition) is 0. The Morgan fingerprint density at radius 2 is 2.23 bits per heavy atom. The molecule has 2 nitrogen and oxygen atoms in total. The summed E-state index contributed by atoms with van der Waals surface area (Å²) < 4.78 is 11.6. The highest BCUT2D eigenvalue weighted by Gasteiger charge is 2.26. The number of carbonyl (C=O) groups excluding carboxylic acids is 1. The molecule has 0 amide bonds. The molecule has 1 saturated carbocycles. The first kappa shape index (κ1) is 10.9. The van der Waals surface area contributed by atoms with Gasteiger partial charge in [-0.2, -0.15) is 0 Å². The minimum Gasteiger partial charge on any atom is -0.300 e. The Bertz CT molecular complexity index is 201. The van der Waals surface area contributed by atoms with E-state index in [9.17, 15) is 9.00 Å². The largest absolute Gasteiger partial charge is 0.300 e. The van der Waals surface area contributed by atoms with Crippen molar-refractivity contribution in [3.63, 3.8) is 0 Å². The van der Waals surface area contributed by atoms with E-state index in [1.165, 1.54) is 6.42 Å². The molecule has 0 N–H and O–H groups in total. The highest BCUT2D eigenvalue weighted by molar-refractivity contribution is 7.85. The van der Waals surface area contributed by atoms with Gasteiger partial charge in [0.2, 0.25) is 0 Å². The lowest BCUT2D eigenvalue weighted by atomic mass is 10.3. The van der Waals surface area contributed by atoms with Gasteiger partial charge < -0.3 is 0 Å². The summed E-state index contributed by atoms with van der Waals surface area (Å²) in [4.78, 5) is 11.0. The number of Topliss-reactive ketones (excluding diaryl/α,β-unsaturated/α-hetero) is 1. The second-order valence-electron chi connectivity index (χ2n) is 3.70. The molecule has 3 heteroatoms. The van der Waals surface area contributed by atoms with Gasteiger partial charge in [-0.05, 0) is 12.8 Å². The summed E-state index contributed by atoms with van der Waals surface area (Å²) in [5.74, 6) is 1.10. The average Bonchev–Trinajstić information content (AvgIpc) is 2.52. The third-order valence-electron chi connectivity index (χ3n) is 2.52. The van der Waals surface area contributed by atoms with E-state index in [0.29, 0.717) is 18.6 Å². The van der Waals surface area contributed by atoms with Gasteiger partial charge in [-0.1, -0.05) is 19.8 Å². The maximum absolute atomic E-state index is 11.6. The third kappa shape index (κ3) is 3.59. The SMILES string of the molecule is CCCCCS(=O)C1CCC(=O)C1. The quantitative estimate of drug-likeness (QED) is 0.639. The van der Waals surface area contributed by atoms with E-state index in [2.05, 4.69) is 6.92 Å². The van der Waals surface area contributed by atoms with Gasteiger partial charge in [0.25, 0.3) is 0 Å². The lowest BCUT2D eigenvalue weighted by molar-refractivity contribution is -0.117. The fourth-order valence-electron chi connectivity index (χ4n) is 1.67. The Morgan fingerprint density at radius 3 is 2.77 bits per heavy atom. The topological polar surface area (TPSA) is 34.1 Å². The molecule has 0 aromatic heterocycles. The van der Waals surface area contributed by atoms with Crippen LogP contribution < -0.4 is 0 Å². The van der Waals surface area contributed by atoms with Crippen LogP contribution in [0.5, 0.6) is 0 Å². The first-order valence-electron chi connectivity index (χ1n) is 5.13. The zero-order chi connectivity index (χ0) is 9.68. The summed E-state index contributed by atoms with van der Waals surface area (Å²) in [6, 6.07) is 0. The minimum absolute atomic E-state index is 0.185. The number of unbranched alkanes of at least 4 members (excludes halogenated alkanes) is 2.